The highest BCUT2D eigenvalue weighted by molar-refractivity contribution is 6.03. The highest BCUT2D eigenvalue weighted by Crippen LogP contribution is 2.28. The molecule has 0 aromatic heterocycles. The summed E-state index contributed by atoms with van der Waals surface area (Å²) in [5, 5.41) is 3.25. The Morgan fingerprint density at radius 3 is 2.16 bits per heavy atom. The lowest BCUT2D eigenvalue weighted by Crippen LogP contribution is -2.47. The number of nitrogens with one attached hydrogen (secondary N) is 1. The fourth-order valence-corrected chi connectivity index (χ4v) is 2.96. The molecule has 0 aliphatic carbocycles. The zero-order chi connectivity index (χ0) is 17.7. The molecule has 2 aromatic rings. The molecule has 0 unspecified atom stereocenters. The highest BCUT2D eigenvalue weighted by Gasteiger charge is 2.52. The minimum Gasteiger partial charge on any atom is -0.431 e. The van der Waals surface area contributed by atoms with Crippen LogP contribution in [0.5, 0.6) is 0 Å². The number of hydrogen-bond donors (Lipinski definition) is 1. The molecule has 0 radical (unpaired) electrons. The molecule has 130 valence electrons. The molecule has 1 fully saturated rings. The Balaban J connectivity index is 1.66. The first-order chi connectivity index (χ1) is 12.1. The third-order valence-corrected chi connectivity index (χ3v) is 4.48. The number of hydrogen-bond acceptors (Lipinski definition) is 4. The molecule has 2 aromatic carbocycles. The molecular weight excluding hydrogens is 316 g/mol. The largest absolute Gasteiger partial charge is 0.431 e. The quantitative estimate of drug-likeness (QED) is 0.843. The van der Waals surface area contributed by atoms with Crippen molar-refractivity contribution in [2.24, 2.45) is 0 Å². The summed E-state index contributed by atoms with van der Waals surface area (Å²) in [5.74, 6) is -0.274. The van der Waals surface area contributed by atoms with Crippen molar-refractivity contribution in [3.63, 3.8) is 0 Å². The van der Waals surface area contributed by atoms with Gasteiger partial charge in [-0.2, -0.15) is 0 Å². The van der Waals surface area contributed by atoms with E-state index < -0.39 is 11.7 Å². The van der Waals surface area contributed by atoms with Crippen molar-refractivity contribution in [2.45, 2.75) is 32.0 Å². The van der Waals surface area contributed by atoms with Crippen LogP contribution in [0.1, 0.15) is 24.5 Å². The monoisotopic (exact) mass is 338 g/mol. The van der Waals surface area contributed by atoms with Gasteiger partial charge in [0.15, 0.2) is 0 Å². The Morgan fingerprint density at radius 2 is 1.56 bits per heavy atom. The molecule has 1 atom stereocenters. The van der Waals surface area contributed by atoms with Crippen LogP contribution in [0.3, 0.4) is 0 Å². The Hall–Kier alpha value is -2.66. The van der Waals surface area contributed by atoms with Gasteiger partial charge in [0.25, 0.3) is 5.91 Å². The third-order valence-electron chi connectivity index (χ3n) is 4.48. The van der Waals surface area contributed by atoms with Crippen LogP contribution in [0, 0.1) is 0 Å². The minimum atomic E-state index is -1.12. The van der Waals surface area contributed by atoms with Gasteiger partial charge in [0.1, 0.15) is 0 Å². The smallest absolute Gasteiger partial charge is 0.418 e. The lowest BCUT2D eigenvalue weighted by Gasteiger charge is -2.24. The highest BCUT2D eigenvalue weighted by atomic mass is 16.6. The molecule has 1 N–H and O–H groups in total. The number of nitrogens with zero attached hydrogens (tertiary/aromatic N) is 1. The summed E-state index contributed by atoms with van der Waals surface area (Å²) < 4.78 is 5.51. The fourth-order valence-electron chi connectivity index (χ4n) is 2.96. The second kappa shape index (κ2) is 7.49. The second-order valence-corrected chi connectivity index (χ2v) is 6.18. The normalized spacial score (nSPS) is 20.0. The van der Waals surface area contributed by atoms with E-state index in [2.05, 4.69) is 5.32 Å². The molecule has 1 saturated heterocycles. The summed E-state index contributed by atoms with van der Waals surface area (Å²) >= 11 is 0. The van der Waals surface area contributed by atoms with Crippen molar-refractivity contribution < 1.29 is 14.3 Å². The predicted molar refractivity (Wildman–Crippen MR) is 94.6 cm³/mol. The van der Waals surface area contributed by atoms with Gasteiger partial charge in [-0.3, -0.25) is 4.79 Å². The molecule has 0 spiro atoms. The van der Waals surface area contributed by atoms with Crippen molar-refractivity contribution in [1.82, 2.24) is 10.2 Å². The van der Waals surface area contributed by atoms with E-state index in [0.29, 0.717) is 19.5 Å². The van der Waals surface area contributed by atoms with Crippen LogP contribution >= 0.6 is 0 Å². The van der Waals surface area contributed by atoms with Crippen LogP contribution in [0.2, 0.25) is 0 Å². The predicted octanol–water partition coefficient (Wildman–Crippen LogP) is 3.10. The van der Waals surface area contributed by atoms with Gasteiger partial charge < -0.3 is 10.1 Å². The summed E-state index contributed by atoms with van der Waals surface area (Å²) in [5.41, 5.74) is 0.893. The van der Waals surface area contributed by atoms with Gasteiger partial charge in [-0.25, -0.2) is 9.69 Å². The molecule has 1 aliphatic rings. The zero-order valence-corrected chi connectivity index (χ0v) is 14.3. The molecule has 5 nitrogen and oxygen atoms in total. The van der Waals surface area contributed by atoms with Crippen LogP contribution in [0.4, 0.5) is 4.79 Å². The Morgan fingerprint density at radius 1 is 0.960 bits per heavy atom. The first-order valence-corrected chi connectivity index (χ1v) is 8.48. The van der Waals surface area contributed by atoms with Gasteiger partial charge in [-0.05, 0) is 17.5 Å². The van der Waals surface area contributed by atoms with E-state index in [1.54, 1.807) is 0 Å². The summed E-state index contributed by atoms with van der Waals surface area (Å²) in [6, 6.07) is 19.4. The lowest BCUT2D eigenvalue weighted by atomic mass is 9.99. The van der Waals surface area contributed by atoms with E-state index in [0.717, 1.165) is 11.1 Å². The zero-order valence-electron chi connectivity index (χ0n) is 14.3. The van der Waals surface area contributed by atoms with Gasteiger partial charge in [0.05, 0.1) is 6.54 Å². The van der Waals surface area contributed by atoms with Crippen molar-refractivity contribution in [3.8, 4) is 0 Å². The lowest BCUT2D eigenvalue weighted by molar-refractivity contribution is -0.137. The Bertz CT molecular complexity index is 733. The molecule has 5 heteroatoms. The molecular formula is C20H22N2O3. The summed E-state index contributed by atoms with van der Waals surface area (Å²) in [4.78, 5) is 26.3. The van der Waals surface area contributed by atoms with Crippen LogP contribution in [0.15, 0.2) is 60.7 Å². The Labute approximate surface area is 147 Å². The SMILES string of the molecule is CC[C@]1(CNCc2ccccc2)OC(=O)N(Cc2ccccc2)C1=O. The Kier molecular flexibility index (Phi) is 5.14. The van der Waals surface area contributed by atoms with Gasteiger partial charge in [-0.15, -0.1) is 0 Å². The summed E-state index contributed by atoms with van der Waals surface area (Å²) in [7, 11) is 0. The van der Waals surface area contributed by atoms with Crippen molar-refractivity contribution in [2.75, 3.05) is 6.54 Å². The number of carbonyl (C=O) groups is 2. The first kappa shape index (κ1) is 17.2. The number of imide groups is 1. The number of rotatable bonds is 7. The first-order valence-electron chi connectivity index (χ1n) is 8.48. The third kappa shape index (κ3) is 3.72. The number of amides is 2. The number of ether oxygens (including phenoxy) is 1. The maximum absolute atomic E-state index is 12.9. The summed E-state index contributed by atoms with van der Waals surface area (Å²) in [6.45, 7) is 3.01. The topological polar surface area (TPSA) is 58.6 Å². The fraction of sp³-hybridized carbons (Fsp3) is 0.300. The number of cyclic esters (lactones) is 1. The van der Waals surface area contributed by atoms with E-state index in [1.807, 2.05) is 67.6 Å². The van der Waals surface area contributed by atoms with Crippen molar-refractivity contribution in [3.05, 3.63) is 71.8 Å². The molecule has 1 aliphatic heterocycles. The van der Waals surface area contributed by atoms with Gasteiger partial charge >= 0.3 is 6.09 Å². The van der Waals surface area contributed by atoms with Crippen LogP contribution in [0.25, 0.3) is 0 Å². The van der Waals surface area contributed by atoms with Gasteiger partial charge in [0.2, 0.25) is 5.60 Å². The molecule has 3 rings (SSSR count). The second-order valence-electron chi connectivity index (χ2n) is 6.18. The summed E-state index contributed by atoms with van der Waals surface area (Å²) in [6.07, 6.45) is -0.137. The van der Waals surface area contributed by atoms with E-state index in [4.69, 9.17) is 4.74 Å². The average molecular weight is 338 g/mol. The standard InChI is InChI=1S/C20H22N2O3/c1-2-20(15-21-13-16-9-5-3-6-10-16)18(23)22(19(24)25-20)14-17-11-7-4-8-12-17/h3-12,21H,2,13-15H2,1H3/t20-/m1/s1. The van der Waals surface area contributed by atoms with Gasteiger partial charge in [0, 0.05) is 13.1 Å². The van der Waals surface area contributed by atoms with E-state index >= 15 is 0 Å². The molecule has 25 heavy (non-hydrogen) atoms. The number of carbonyl (C=O) groups excluding carboxylic acids is 2. The minimum absolute atomic E-state index is 0.235. The molecule has 2 amide bonds. The molecule has 0 bridgehead atoms. The maximum Gasteiger partial charge on any atom is 0.418 e. The van der Waals surface area contributed by atoms with Crippen LogP contribution < -0.4 is 5.32 Å². The van der Waals surface area contributed by atoms with Gasteiger partial charge in [-0.1, -0.05) is 67.6 Å². The van der Waals surface area contributed by atoms with Crippen LogP contribution in [-0.4, -0.2) is 29.0 Å². The average Bonchev–Trinajstić information content (AvgIpc) is 2.88. The van der Waals surface area contributed by atoms with E-state index in [1.165, 1.54) is 4.90 Å². The number of benzene rings is 2. The molecule has 1 heterocycles. The van der Waals surface area contributed by atoms with Crippen LogP contribution in [-0.2, 0) is 22.6 Å². The van der Waals surface area contributed by atoms with E-state index in [9.17, 15) is 9.59 Å². The van der Waals surface area contributed by atoms with Crippen molar-refractivity contribution >= 4 is 12.0 Å². The van der Waals surface area contributed by atoms with Crippen molar-refractivity contribution in [1.29, 1.82) is 0 Å². The molecule has 0 saturated carbocycles. The maximum atomic E-state index is 12.9. The van der Waals surface area contributed by atoms with E-state index in [-0.39, 0.29) is 12.5 Å².